The maximum absolute atomic E-state index is 12.3. The molecule has 0 aliphatic carbocycles. The molecular formula is C16H13N3O. The van der Waals surface area contributed by atoms with Gasteiger partial charge < -0.3 is 0 Å². The molecule has 2 heterocycles. The Morgan fingerprint density at radius 3 is 2.70 bits per heavy atom. The molecule has 0 amide bonds. The zero-order valence-corrected chi connectivity index (χ0v) is 11.1. The van der Waals surface area contributed by atoms with Gasteiger partial charge in [-0.05, 0) is 30.7 Å². The van der Waals surface area contributed by atoms with E-state index in [9.17, 15) is 4.79 Å². The topological polar surface area (TPSA) is 55.7 Å². The number of benzene rings is 1. The Kier molecular flexibility index (Phi) is 3.21. The van der Waals surface area contributed by atoms with Crippen molar-refractivity contribution in [2.45, 2.75) is 13.3 Å². The van der Waals surface area contributed by atoms with Crippen molar-refractivity contribution in [3.8, 4) is 0 Å². The summed E-state index contributed by atoms with van der Waals surface area (Å²) < 4.78 is 0. The van der Waals surface area contributed by atoms with Gasteiger partial charge in [-0.2, -0.15) is 0 Å². The number of pyridine rings is 1. The molecule has 0 saturated heterocycles. The minimum atomic E-state index is -0.00754. The molecule has 0 unspecified atom stereocenters. The van der Waals surface area contributed by atoms with Crippen molar-refractivity contribution in [2.24, 2.45) is 0 Å². The molecule has 4 heteroatoms. The molecule has 0 atom stereocenters. The van der Waals surface area contributed by atoms with Crippen LogP contribution in [0.25, 0.3) is 10.9 Å². The zero-order valence-electron chi connectivity index (χ0n) is 11.1. The molecule has 0 aliphatic rings. The van der Waals surface area contributed by atoms with Crippen LogP contribution in [0.1, 0.15) is 21.9 Å². The fourth-order valence-electron chi connectivity index (χ4n) is 2.18. The van der Waals surface area contributed by atoms with Crippen LogP contribution in [0.3, 0.4) is 0 Å². The number of hydrogen-bond acceptors (Lipinski definition) is 4. The Balaban J connectivity index is 1.95. The SMILES string of the molecule is Cc1nccc(C(=O)Cc2ccnc3ccccc23)n1. The van der Waals surface area contributed by atoms with Gasteiger partial charge in [0, 0.05) is 24.2 Å². The van der Waals surface area contributed by atoms with Gasteiger partial charge in [0.05, 0.1) is 5.52 Å². The number of hydrogen-bond donors (Lipinski definition) is 0. The summed E-state index contributed by atoms with van der Waals surface area (Å²) in [6.07, 6.45) is 3.66. The lowest BCUT2D eigenvalue weighted by Gasteiger charge is -2.05. The summed E-state index contributed by atoms with van der Waals surface area (Å²) in [6, 6.07) is 11.4. The summed E-state index contributed by atoms with van der Waals surface area (Å²) in [5.74, 6) is 0.599. The van der Waals surface area contributed by atoms with Crippen molar-refractivity contribution in [3.05, 3.63) is 65.9 Å². The van der Waals surface area contributed by atoms with E-state index in [1.165, 1.54) is 0 Å². The number of Topliss-reactive ketones (excluding diaryl/α,β-unsaturated/α-hetero) is 1. The normalized spacial score (nSPS) is 10.7. The number of aromatic nitrogens is 3. The molecule has 1 aromatic carbocycles. The fourth-order valence-corrected chi connectivity index (χ4v) is 2.18. The van der Waals surface area contributed by atoms with Gasteiger partial charge in [0.25, 0.3) is 0 Å². The summed E-state index contributed by atoms with van der Waals surface area (Å²) in [4.78, 5) is 24.8. The highest BCUT2D eigenvalue weighted by molar-refractivity contribution is 5.98. The van der Waals surface area contributed by atoms with E-state index in [2.05, 4.69) is 15.0 Å². The van der Waals surface area contributed by atoms with E-state index in [0.29, 0.717) is 17.9 Å². The minimum Gasteiger partial charge on any atom is -0.292 e. The van der Waals surface area contributed by atoms with Crippen molar-refractivity contribution in [1.82, 2.24) is 15.0 Å². The maximum Gasteiger partial charge on any atom is 0.185 e. The molecule has 0 saturated carbocycles. The van der Waals surface area contributed by atoms with Crippen molar-refractivity contribution in [2.75, 3.05) is 0 Å². The number of para-hydroxylation sites is 1. The first-order valence-corrected chi connectivity index (χ1v) is 6.39. The van der Waals surface area contributed by atoms with Gasteiger partial charge in [0.1, 0.15) is 11.5 Å². The Bertz CT molecular complexity index is 778. The average Bonchev–Trinajstić information content (AvgIpc) is 2.47. The van der Waals surface area contributed by atoms with Crippen molar-refractivity contribution >= 4 is 16.7 Å². The monoisotopic (exact) mass is 263 g/mol. The Morgan fingerprint density at radius 2 is 1.85 bits per heavy atom. The van der Waals surface area contributed by atoms with Crippen LogP contribution in [0.5, 0.6) is 0 Å². The molecule has 0 bridgehead atoms. The van der Waals surface area contributed by atoms with Gasteiger partial charge in [0.2, 0.25) is 0 Å². The van der Waals surface area contributed by atoms with E-state index in [4.69, 9.17) is 0 Å². The molecule has 2 aromatic heterocycles. The molecule has 0 radical (unpaired) electrons. The molecule has 98 valence electrons. The van der Waals surface area contributed by atoms with Crippen molar-refractivity contribution < 1.29 is 4.79 Å². The third-order valence-electron chi connectivity index (χ3n) is 3.15. The van der Waals surface area contributed by atoms with E-state index in [1.807, 2.05) is 30.3 Å². The first-order chi connectivity index (χ1) is 9.74. The standard InChI is InChI=1S/C16H13N3O/c1-11-17-9-7-15(19-11)16(20)10-12-6-8-18-14-5-3-2-4-13(12)14/h2-9H,10H2,1H3. The lowest BCUT2D eigenvalue weighted by Crippen LogP contribution is -2.08. The van der Waals surface area contributed by atoms with Crippen molar-refractivity contribution in [3.63, 3.8) is 0 Å². The highest BCUT2D eigenvalue weighted by Crippen LogP contribution is 2.17. The molecule has 0 N–H and O–H groups in total. The fraction of sp³-hybridized carbons (Fsp3) is 0.125. The van der Waals surface area contributed by atoms with Crippen LogP contribution in [-0.4, -0.2) is 20.7 Å². The Hall–Kier alpha value is -2.62. The highest BCUT2D eigenvalue weighted by atomic mass is 16.1. The number of ketones is 1. The smallest absolute Gasteiger partial charge is 0.185 e. The van der Waals surface area contributed by atoms with Gasteiger partial charge in [-0.3, -0.25) is 9.78 Å². The lowest BCUT2D eigenvalue weighted by molar-refractivity contribution is 0.0988. The molecule has 0 aliphatic heterocycles. The third-order valence-corrected chi connectivity index (χ3v) is 3.15. The number of nitrogens with zero attached hydrogens (tertiary/aromatic N) is 3. The van der Waals surface area contributed by atoms with Crippen LogP contribution < -0.4 is 0 Å². The van der Waals surface area contributed by atoms with Gasteiger partial charge in [0.15, 0.2) is 5.78 Å². The predicted octanol–water partition coefficient (Wildman–Crippen LogP) is 2.76. The van der Waals surface area contributed by atoms with Crippen LogP contribution in [-0.2, 0) is 6.42 Å². The van der Waals surface area contributed by atoms with Crippen LogP contribution in [0.15, 0.2) is 48.8 Å². The summed E-state index contributed by atoms with van der Waals surface area (Å²) in [5, 5.41) is 1.01. The highest BCUT2D eigenvalue weighted by Gasteiger charge is 2.11. The number of rotatable bonds is 3. The molecule has 0 spiro atoms. The van der Waals surface area contributed by atoms with E-state index < -0.39 is 0 Å². The summed E-state index contributed by atoms with van der Waals surface area (Å²) >= 11 is 0. The van der Waals surface area contributed by atoms with E-state index in [1.54, 1.807) is 25.4 Å². The first kappa shape index (κ1) is 12.4. The molecule has 20 heavy (non-hydrogen) atoms. The lowest BCUT2D eigenvalue weighted by atomic mass is 10.0. The van der Waals surface area contributed by atoms with Gasteiger partial charge in [-0.1, -0.05) is 18.2 Å². The molecule has 0 fully saturated rings. The zero-order chi connectivity index (χ0) is 13.9. The Labute approximate surface area is 116 Å². The predicted molar refractivity (Wildman–Crippen MR) is 76.5 cm³/mol. The van der Waals surface area contributed by atoms with Gasteiger partial charge in [-0.15, -0.1) is 0 Å². The molecular weight excluding hydrogens is 250 g/mol. The second-order valence-electron chi connectivity index (χ2n) is 4.58. The number of fused-ring (bicyclic) bond motifs is 1. The van der Waals surface area contributed by atoms with Crippen LogP contribution in [0.2, 0.25) is 0 Å². The molecule has 4 nitrogen and oxygen atoms in total. The van der Waals surface area contributed by atoms with Crippen LogP contribution in [0.4, 0.5) is 0 Å². The number of carbonyl (C=O) groups is 1. The summed E-state index contributed by atoms with van der Waals surface area (Å²) in [6.45, 7) is 1.78. The third kappa shape index (κ3) is 2.40. The van der Waals surface area contributed by atoms with Crippen LogP contribution >= 0.6 is 0 Å². The number of aryl methyl sites for hydroxylation is 1. The first-order valence-electron chi connectivity index (χ1n) is 6.39. The number of carbonyl (C=O) groups excluding carboxylic acids is 1. The minimum absolute atomic E-state index is 0.00754. The van der Waals surface area contributed by atoms with Crippen LogP contribution in [0, 0.1) is 6.92 Å². The van der Waals surface area contributed by atoms with Gasteiger partial charge in [-0.25, -0.2) is 9.97 Å². The quantitative estimate of drug-likeness (QED) is 0.682. The van der Waals surface area contributed by atoms with E-state index in [-0.39, 0.29) is 5.78 Å². The maximum atomic E-state index is 12.3. The van der Waals surface area contributed by atoms with Crippen molar-refractivity contribution in [1.29, 1.82) is 0 Å². The van der Waals surface area contributed by atoms with E-state index in [0.717, 1.165) is 16.5 Å². The summed E-state index contributed by atoms with van der Waals surface area (Å²) in [5.41, 5.74) is 2.33. The Morgan fingerprint density at radius 1 is 1.05 bits per heavy atom. The summed E-state index contributed by atoms with van der Waals surface area (Å²) in [7, 11) is 0. The molecule has 3 rings (SSSR count). The largest absolute Gasteiger partial charge is 0.292 e. The second-order valence-corrected chi connectivity index (χ2v) is 4.58. The average molecular weight is 263 g/mol. The second kappa shape index (κ2) is 5.17. The van der Waals surface area contributed by atoms with E-state index >= 15 is 0 Å². The van der Waals surface area contributed by atoms with Gasteiger partial charge >= 0.3 is 0 Å². The molecule has 3 aromatic rings.